The largest absolute Gasteiger partial charge is 0.479 e. The van der Waals surface area contributed by atoms with E-state index in [0.717, 1.165) is 11.9 Å². The maximum absolute atomic E-state index is 16.1. The summed E-state index contributed by atoms with van der Waals surface area (Å²) >= 11 is 0. The predicted molar refractivity (Wildman–Crippen MR) is 372 cm³/mol. The zero-order chi connectivity index (χ0) is 83.0. The number of carbonyl (C=O) groups excluding carboxylic acids is 2. The number of hydrogen-bond acceptors (Lipinski definition) is 38. The molecule has 46 atom stereocenters. The van der Waals surface area contributed by atoms with Crippen molar-refractivity contribution in [3.05, 3.63) is 11.6 Å². The van der Waals surface area contributed by atoms with E-state index in [0.29, 0.717) is 51.4 Å². The molecule has 13 rings (SSSR count). The maximum atomic E-state index is 16.1. The van der Waals surface area contributed by atoms with Gasteiger partial charge in [0.15, 0.2) is 56.2 Å². The van der Waals surface area contributed by atoms with Crippen molar-refractivity contribution in [1.29, 1.82) is 0 Å². The Kier molecular flexibility index (Phi) is 26.2. The van der Waals surface area contributed by atoms with Crippen LogP contribution in [0.4, 0.5) is 0 Å². The summed E-state index contributed by atoms with van der Waals surface area (Å²) in [7, 11) is 0. The summed E-state index contributed by atoms with van der Waals surface area (Å²) in [6.45, 7) is 14.4. The van der Waals surface area contributed by atoms with E-state index in [1.807, 2.05) is 0 Å². The molecule has 39 heteroatoms. The Bertz CT molecular complexity index is 3360. The molecule has 114 heavy (non-hydrogen) atoms. The number of carboxylic acid groups (broad SMARTS) is 1. The number of ether oxygens (including phenoxy) is 16. The quantitative estimate of drug-likeness (QED) is 0.0247. The molecule has 0 radical (unpaired) electrons. The molecule has 13 aliphatic rings. The van der Waals surface area contributed by atoms with Gasteiger partial charge in [-0.2, -0.15) is 0 Å². The van der Waals surface area contributed by atoms with Crippen LogP contribution in [0.1, 0.15) is 127 Å². The summed E-state index contributed by atoms with van der Waals surface area (Å²) in [5.41, 5.74) is -3.81. The third-order valence-electron chi connectivity index (χ3n) is 28.5. The second-order valence-corrected chi connectivity index (χ2v) is 35.8. The standard InChI is InChI=1S/C75H118O39/c1-26-38(81)42(85)47(90)64(102-26)108-54-28(3)104-67(58(50(54)93)112-65-49(92)44(87)53(27(2)103-65)107-63-52(95)55(33(80)24-101-63)109-61-45(88)39(82)31(78)22-99-61)114-69(98)75-18-16-70(4,5)20-30(75)29-10-11-36-71(6)14-13-37(72(7,25-77)35(71)12-15-74(36,9)73(29,8)17-19-75)106-68-59(113-66-48(91)43(86)41(84)34(21-76)105-66)56(51(94)57(111-68)60(96)97)110-62-46(89)40(83)32(79)23-100-62/h10,25-28,30-59,61-68,76,78-95H,11-24H2,1-9H3,(H,96,97)/t26-,27+,28-,30+,31-,32-,33-,34-,35?,36?,37+,38-,39+,40+,41+,42+,43+,44+,45-,46-,47-,48-,49-,50+,51+,52-,53+,54+,55+,56+,57+,58-,59-,61+,62+,63+,64+,65+,66+,67+,68-,71+,72+,73-,74-,75+/m1/s1. The van der Waals surface area contributed by atoms with Gasteiger partial charge in [-0.1, -0.05) is 53.2 Å². The highest BCUT2D eigenvalue weighted by Crippen LogP contribution is 2.76. The zero-order valence-electron chi connectivity index (χ0n) is 64.9. The minimum absolute atomic E-state index is 0.120. The number of hydrogen-bond donors (Lipinski definition) is 20. The van der Waals surface area contributed by atoms with Gasteiger partial charge in [0.1, 0.15) is 153 Å². The van der Waals surface area contributed by atoms with Gasteiger partial charge < -0.3 is 183 Å². The average Bonchev–Trinajstić information content (AvgIpc) is 0.673. The number of allylic oxidation sites excluding steroid dienone is 2. The SMILES string of the molecule is C[C@@H]1O[C@@H](O[C@H]2[C@H](OC(=O)[C@]34CCC(C)(C)C[C@H]3C3=CCC5[C@@]6(C)CC[C@H](O[C@@H]7O[C@H](C(=O)O)[C@@H](O)[C@H](O[C@@H]8OC[C@@H](O)[C@H](O)[C@H]8O)[C@H]7O[C@@H]7O[C@H](CO)[C@H](O)[C@H](O)[C@H]7O)[C@@](C)(C=O)C6CC[C@@]5(C)[C@]3(C)CC4)O[C@H](C)[C@H](O[C@@H]3O[C@H](C)[C@@H](O)[C@H](O)[C@H]3O)[C@@H]2O)[C@H](O)[C@H](O)[C@H]1O[C@@H]1OC[C@@H](O)[C@H](O[C@@H]2OC[C@@H](O)[C@H](O)[C@H]2O)[C@H]1O. The van der Waals surface area contributed by atoms with Crippen LogP contribution in [-0.4, -0.2) is 380 Å². The summed E-state index contributed by atoms with van der Waals surface area (Å²) in [5.74, 6) is -3.53. The molecule has 0 bridgehead atoms. The van der Waals surface area contributed by atoms with E-state index in [1.165, 1.54) is 20.8 Å². The third kappa shape index (κ3) is 15.5. The normalized spacial score (nSPS) is 55.1. The lowest BCUT2D eigenvalue weighted by molar-refractivity contribution is -0.391. The molecule has 0 aromatic heterocycles. The lowest BCUT2D eigenvalue weighted by Gasteiger charge is -2.71. The number of aliphatic hydroxyl groups excluding tert-OH is 19. The van der Waals surface area contributed by atoms with Crippen molar-refractivity contribution in [3.63, 3.8) is 0 Å². The fourth-order valence-corrected chi connectivity index (χ4v) is 21.3. The Hall–Kier alpha value is -3.01. The van der Waals surface area contributed by atoms with Crippen molar-refractivity contribution >= 4 is 18.2 Å². The number of aliphatic hydroxyl groups is 19. The molecule has 8 heterocycles. The number of rotatable bonds is 19. The Balaban J connectivity index is 0.756. The Morgan fingerprint density at radius 2 is 0.947 bits per heavy atom. The van der Waals surface area contributed by atoms with Crippen molar-refractivity contribution in [3.8, 4) is 0 Å². The van der Waals surface area contributed by atoms with Crippen LogP contribution in [0.2, 0.25) is 0 Å². The third-order valence-corrected chi connectivity index (χ3v) is 28.5. The molecule has 0 amide bonds. The van der Waals surface area contributed by atoms with E-state index in [2.05, 4.69) is 40.7 Å². The molecule has 4 saturated carbocycles. The van der Waals surface area contributed by atoms with E-state index in [-0.39, 0.29) is 24.2 Å². The van der Waals surface area contributed by atoms with Gasteiger partial charge in [0.2, 0.25) is 6.29 Å². The lowest BCUT2D eigenvalue weighted by Crippen LogP contribution is -2.69. The molecule has 8 aliphatic heterocycles. The van der Waals surface area contributed by atoms with Crippen molar-refractivity contribution in [2.75, 3.05) is 26.4 Å². The minimum atomic E-state index is -2.22. The van der Waals surface area contributed by atoms with Gasteiger partial charge in [-0.05, 0) is 124 Å². The molecule has 12 fully saturated rings. The lowest BCUT2D eigenvalue weighted by atomic mass is 9.33. The molecule has 652 valence electrons. The molecular formula is C75H118O39. The van der Waals surface area contributed by atoms with Crippen LogP contribution >= 0.6 is 0 Å². The number of carbonyl (C=O) groups is 3. The molecular weight excluding hydrogens is 1520 g/mol. The summed E-state index contributed by atoms with van der Waals surface area (Å²) in [5, 5.41) is 220. The van der Waals surface area contributed by atoms with Crippen molar-refractivity contribution in [2.24, 2.45) is 50.2 Å². The van der Waals surface area contributed by atoms with Crippen LogP contribution in [0.25, 0.3) is 0 Å². The van der Waals surface area contributed by atoms with E-state index in [4.69, 9.17) is 75.8 Å². The van der Waals surface area contributed by atoms with Gasteiger partial charge in [-0.3, -0.25) is 4.79 Å². The summed E-state index contributed by atoms with van der Waals surface area (Å²) < 4.78 is 96.8. The maximum Gasteiger partial charge on any atom is 0.335 e. The molecule has 20 N–H and O–H groups in total. The highest BCUT2D eigenvalue weighted by molar-refractivity contribution is 5.79. The first-order valence-electron chi connectivity index (χ1n) is 39.7. The number of aldehydes is 1. The van der Waals surface area contributed by atoms with Crippen LogP contribution in [0, 0.1) is 50.2 Å². The van der Waals surface area contributed by atoms with E-state index < -0.39 is 311 Å². The molecule has 5 aliphatic carbocycles. The zero-order valence-corrected chi connectivity index (χ0v) is 64.9. The van der Waals surface area contributed by atoms with Crippen molar-refractivity contribution < 1.29 is 192 Å². The monoisotopic (exact) mass is 1640 g/mol. The first-order chi connectivity index (χ1) is 53.5. The molecule has 0 aromatic rings. The van der Waals surface area contributed by atoms with Gasteiger partial charge in [0.05, 0.1) is 61.7 Å². The topological polar surface area (TPSA) is 603 Å². The van der Waals surface area contributed by atoms with Crippen LogP contribution in [0.15, 0.2) is 11.6 Å². The first kappa shape index (κ1) is 88.8. The predicted octanol–water partition coefficient (Wildman–Crippen LogP) is -6.47. The highest BCUT2D eigenvalue weighted by atomic mass is 16.8. The molecule has 2 unspecified atom stereocenters. The van der Waals surface area contributed by atoms with Crippen molar-refractivity contribution in [2.45, 2.75) is 360 Å². The average molecular weight is 1640 g/mol. The molecule has 0 aromatic carbocycles. The molecule has 0 spiro atoms. The Morgan fingerprint density at radius 1 is 0.447 bits per heavy atom. The first-order valence-corrected chi connectivity index (χ1v) is 39.7. The number of esters is 1. The summed E-state index contributed by atoms with van der Waals surface area (Å²) in [4.78, 5) is 43.5. The van der Waals surface area contributed by atoms with Crippen molar-refractivity contribution in [1.82, 2.24) is 0 Å². The van der Waals surface area contributed by atoms with E-state index in [9.17, 15) is 112 Å². The van der Waals surface area contributed by atoms with Gasteiger partial charge in [0.25, 0.3) is 0 Å². The van der Waals surface area contributed by atoms with Crippen LogP contribution in [0.3, 0.4) is 0 Å². The second-order valence-electron chi connectivity index (χ2n) is 35.8. The van der Waals surface area contributed by atoms with E-state index >= 15 is 4.79 Å². The van der Waals surface area contributed by atoms with Crippen LogP contribution in [0.5, 0.6) is 0 Å². The summed E-state index contributed by atoms with van der Waals surface area (Å²) in [6.07, 6.45) is -59.8. The smallest absolute Gasteiger partial charge is 0.335 e. The number of fused-ring (bicyclic) bond motifs is 7. The molecule has 8 saturated heterocycles. The Labute approximate surface area is 656 Å². The van der Waals surface area contributed by atoms with Gasteiger partial charge >= 0.3 is 11.9 Å². The fraction of sp³-hybridized carbons (Fsp3) is 0.933. The highest BCUT2D eigenvalue weighted by Gasteiger charge is 2.72. The minimum Gasteiger partial charge on any atom is -0.479 e. The van der Waals surface area contributed by atoms with Gasteiger partial charge in [-0.25, -0.2) is 4.79 Å². The Morgan fingerprint density at radius 3 is 1.55 bits per heavy atom. The summed E-state index contributed by atoms with van der Waals surface area (Å²) in [6, 6.07) is 0. The van der Waals surface area contributed by atoms with Gasteiger partial charge in [0, 0.05) is 0 Å². The van der Waals surface area contributed by atoms with E-state index in [1.54, 1.807) is 6.92 Å². The molecule has 39 nitrogen and oxygen atoms in total. The van der Waals surface area contributed by atoms with Gasteiger partial charge in [-0.15, -0.1) is 0 Å². The van der Waals surface area contributed by atoms with Crippen LogP contribution < -0.4 is 0 Å². The van der Waals surface area contributed by atoms with Crippen LogP contribution in [-0.2, 0) is 90.2 Å². The number of carboxylic acids is 1. The number of aliphatic carboxylic acids is 1. The fourth-order valence-electron chi connectivity index (χ4n) is 21.3. The second kappa shape index (κ2) is 33.7.